The molecule has 0 saturated heterocycles. The highest BCUT2D eigenvalue weighted by Crippen LogP contribution is 2.23. The van der Waals surface area contributed by atoms with Gasteiger partial charge in [-0.1, -0.05) is 12.1 Å². The predicted octanol–water partition coefficient (Wildman–Crippen LogP) is 3.16. The average molecular weight is 204 g/mol. The number of nitrogens with zero attached hydrogens (tertiary/aromatic N) is 1. The van der Waals surface area contributed by atoms with Gasteiger partial charge in [-0.2, -0.15) is 0 Å². The van der Waals surface area contributed by atoms with Gasteiger partial charge in [0.25, 0.3) is 0 Å². The van der Waals surface area contributed by atoms with Gasteiger partial charge in [-0.25, -0.2) is 4.98 Å². The van der Waals surface area contributed by atoms with E-state index in [0.29, 0.717) is 0 Å². The summed E-state index contributed by atoms with van der Waals surface area (Å²) in [6, 6.07) is 8.27. The average Bonchev–Trinajstić information content (AvgIpc) is 2.65. The van der Waals surface area contributed by atoms with Crippen molar-refractivity contribution >= 4 is 17.0 Å². The molecular weight excluding hydrogens is 192 g/mol. The van der Waals surface area contributed by atoms with Gasteiger partial charge in [-0.3, -0.25) is 0 Å². The van der Waals surface area contributed by atoms with Crippen LogP contribution in [0.15, 0.2) is 29.6 Å². The van der Waals surface area contributed by atoms with Crippen LogP contribution in [-0.4, -0.2) is 12.0 Å². The van der Waals surface area contributed by atoms with Crippen LogP contribution in [0.5, 0.6) is 0 Å². The Balaban J connectivity index is 2.41. The fourth-order valence-electron chi connectivity index (χ4n) is 1.33. The molecule has 1 aromatic heterocycles. The normalized spacial score (nSPS) is 10.1. The Kier molecular flexibility index (Phi) is 2.50. The first kappa shape index (κ1) is 9.21. The monoisotopic (exact) mass is 204 g/mol. The first-order valence-electron chi connectivity index (χ1n) is 4.50. The van der Waals surface area contributed by atoms with E-state index >= 15 is 0 Å². The number of hydrogen-bond donors (Lipinski definition) is 1. The Bertz CT molecular complexity index is 434. The van der Waals surface area contributed by atoms with Crippen LogP contribution in [0.1, 0.15) is 5.01 Å². The van der Waals surface area contributed by atoms with Crippen LogP contribution in [0.3, 0.4) is 0 Å². The molecule has 1 N–H and O–H groups in total. The summed E-state index contributed by atoms with van der Waals surface area (Å²) in [6.07, 6.45) is 0. The fraction of sp³-hybridized carbons (Fsp3) is 0.182. The number of rotatable bonds is 2. The molecule has 0 unspecified atom stereocenters. The third-order valence-corrected chi connectivity index (χ3v) is 2.84. The van der Waals surface area contributed by atoms with Gasteiger partial charge in [0.15, 0.2) is 0 Å². The van der Waals surface area contributed by atoms with Crippen LogP contribution in [-0.2, 0) is 0 Å². The maximum absolute atomic E-state index is 4.45. The molecule has 1 heterocycles. The van der Waals surface area contributed by atoms with Crippen molar-refractivity contribution in [2.45, 2.75) is 6.92 Å². The third kappa shape index (κ3) is 1.77. The van der Waals surface area contributed by atoms with E-state index in [1.807, 2.05) is 26.1 Å². The molecule has 2 aromatic rings. The van der Waals surface area contributed by atoms with Gasteiger partial charge >= 0.3 is 0 Å². The summed E-state index contributed by atoms with van der Waals surface area (Å²) >= 11 is 1.68. The fourth-order valence-corrected chi connectivity index (χ4v) is 1.95. The maximum Gasteiger partial charge on any atom is 0.0901 e. The lowest BCUT2D eigenvalue weighted by Crippen LogP contribution is -1.87. The van der Waals surface area contributed by atoms with Gasteiger partial charge in [0.05, 0.1) is 10.7 Å². The van der Waals surface area contributed by atoms with Gasteiger partial charge in [0.2, 0.25) is 0 Å². The molecule has 14 heavy (non-hydrogen) atoms. The molecule has 0 bridgehead atoms. The zero-order chi connectivity index (χ0) is 9.97. The number of thiazole rings is 1. The molecule has 0 atom stereocenters. The first-order chi connectivity index (χ1) is 6.79. The molecule has 3 heteroatoms. The number of benzene rings is 1. The highest BCUT2D eigenvalue weighted by molar-refractivity contribution is 7.09. The smallest absolute Gasteiger partial charge is 0.0901 e. The highest BCUT2D eigenvalue weighted by atomic mass is 32.1. The number of aromatic nitrogens is 1. The highest BCUT2D eigenvalue weighted by Gasteiger charge is 2.01. The van der Waals surface area contributed by atoms with Crippen molar-refractivity contribution in [3.63, 3.8) is 0 Å². The minimum Gasteiger partial charge on any atom is -0.388 e. The first-order valence-corrected chi connectivity index (χ1v) is 5.38. The van der Waals surface area contributed by atoms with Gasteiger partial charge in [-0.15, -0.1) is 11.3 Å². The van der Waals surface area contributed by atoms with Crippen molar-refractivity contribution < 1.29 is 0 Å². The van der Waals surface area contributed by atoms with Crippen molar-refractivity contribution in [1.82, 2.24) is 4.98 Å². The zero-order valence-electron chi connectivity index (χ0n) is 8.24. The van der Waals surface area contributed by atoms with Gasteiger partial charge in [0.1, 0.15) is 0 Å². The predicted molar refractivity (Wildman–Crippen MR) is 61.8 cm³/mol. The van der Waals surface area contributed by atoms with E-state index in [0.717, 1.165) is 16.4 Å². The van der Waals surface area contributed by atoms with E-state index in [2.05, 4.69) is 27.8 Å². The van der Waals surface area contributed by atoms with E-state index in [-0.39, 0.29) is 0 Å². The molecule has 2 rings (SSSR count). The van der Waals surface area contributed by atoms with E-state index in [1.165, 1.54) is 5.56 Å². The van der Waals surface area contributed by atoms with Crippen LogP contribution in [0, 0.1) is 6.92 Å². The standard InChI is InChI=1S/C11H12N2S/c1-8-13-11(7-14-8)9-4-3-5-10(6-9)12-2/h3-7,12H,1-2H3. The van der Waals surface area contributed by atoms with E-state index in [9.17, 15) is 0 Å². The van der Waals surface area contributed by atoms with Crippen LogP contribution in [0.25, 0.3) is 11.3 Å². The van der Waals surface area contributed by atoms with Crippen molar-refractivity contribution in [2.75, 3.05) is 12.4 Å². The van der Waals surface area contributed by atoms with Crippen LogP contribution >= 0.6 is 11.3 Å². The Hall–Kier alpha value is -1.35. The summed E-state index contributed by atoms with van der Waals surface area (Å²) in [4.78, 5) is 4.45. The van der Waals surface area contributed by atoms with Gasteiger partial charge < -0.3 is 5.32 Å². The summed E-state index contributed by atoms with van der Waals surface area (Å²) in [7, 11) is 1.92. The number of hydrogen-bond acceptors (Lipinski definition) is 3. The summed E-state index contributed by atoms with van der Waals surface area (Å²) in [5.41, 5.74) is 3.35. The molecule has 0 aliphatic carbocycles. The van der Waals surface area contributed by atoms with Crippen molar-refractivity contribution in [1.29, 1.82) is 0 Å². The lowest BCUT2D eigenvalue weighted by atomic mass is 10.1. The van der Waals surface area contributed by atoms with Gasteiger partial charge in [0, 0.05) is 23.7 Å². The molecule has 0 radical (unpaired) electrons. The minimum absolute atomic E-state index is 1.06. The maximum atomic E-state index is 4.45. The molecule has 0 aliphatic heterocycles. The summed E-state index contributed by atoms with van der Waals surface area (Å²) < 4.78 is 0. The molecule has 0 fully saturated rings. The SMILES string of the molecule is CNc1cccc(-c2csc(C)n2)c1. The third-order valence-electron chi connectivity index (χ3n) is 2.07. The van der Waals surface area contributed by atoms with Gasteiger partial charge in [-0.05, 0) is 19.1 Å². The van der Waals surface area contributed by atoms with Crippen molar-refractivity contribution in [3.05, 3.63) is 34.7 Å². The Morgan fingerprint density at radius 1 is 1.36 bits per heavy atom. The largest absolute Gasteiger partial charge is 0.388 e. The molecule has 0 aliphatic rings. The van der Waals surface area contributed by atoms with Crippen molar-refractivity contribution in [3.8, 4) is 11.3 Å². The molecule has 72 valence electrons. The van der Waals surface area contributed by atoms with Crippen LogP contribution in [0.2, 0.25) is 0 Å². The van der Waals surface area contributed by atoms with E-state index in [1.54, 1.807) is 11.3 Å². The second-order valence-corrected chi connectivity index (χ2v) is 4.14. The molecule has 1 aromatic carbocycles. The molecule has 0 spiro atoms. The molecule has 0 saturated carbocycles. The summed E-state index contributed by atoms with van der Waals surface area (Å²) in [5.74, 6) is 0. The summed E-state index contributed by atoms with van der Waals surface area (Å²) in [5, 5.41) is 6.31. The molecule has 0 amide bonds. The Labute approximate surface area is 87.6 Å². The number of aryl methyl sites for hydroxylation is 1. The Morgan fingerprint density at radius 3 is 2.86 bits per heavy atom. The minimum atomic E-state index is 1.06. The molecular formula is C11H12N2S. The molecule has 2 nitrogen and oxygen atoms in total. The Morgan fingerprint density at radius 2 is 2.21 bits per heavy atom. The number of nitrogens with one attached hydrogen (secondary N) is 1. The lowest BCUT2D eigenvalue weighted by molar-refractivity contribution is 1.30. The van der Waals surface area contributed by atoms with Crippen LogP contribution in [0.4, 0.5) is 5.69 Å². The quantitative estimate of drug-likeness (QED) is 0.812. The summed E-state index contributed by atoms with van der Waals surface area (Å²) in [6.45, 7) is 2.02. The zero-order valence-corrected chi connectivity index (χ0v) is 9.06. The number of anilines is 1. The second-order valence-electron chi connectivity index (χ2n) is 3.08. The lowest BCUT2D eigenvalue weighted by Gasteiger charge is -2.01. The van der Waals surface area contributed by atoms with Crippen molar-refractivity contribution in [2.24, 2.45) is 0 Å². The van der Waals surface area contributed by atoms with E-state index in [4.69, 9.17) is 0 Å². The second kappa shape index (κ2) is 3.80. The topological polar surface area (TPSA) is 24.9 Å². The van der Waals surface area contributed by atoms with E-state index < -0.39 is 0 Å². The van der Waals surface area contributed by atoms with Crippen LogP contribution < -0.4 is 5.32 Å².